The number of hydrogen-bond acceptors (Lipinski definition) is 6. The summed E-state index contributed by atoms with van der Waals surface area (Å²) in [5, 5.41) is 22.0. The van der Waals surface area contributed by atoms with E-state index in [4.69, 9.17) is 8.83 Å². The highest BCUT2D eigenvalue weighted by molar-refractivity contribution is 6.04. The first-order valence-electron chi connectivity index (χ1n) is 13.4. The van der Waals surface area contributed by atoms with Crippen molar-refractivity contribution in [1.29, 1.82) is 0 Å². The molecule has 0 bridgehead atoms. The van der Waals surface area contributed by atoms with E-state index < -0.39 is 0 Å². The number of benzene rings is 4. The Morgan fingerprint density at radius 1 is 0.659 bits per heavy atom. The maximum atomic E-state index is 11.8. The lowest BCUT2D eigenvalue weighted by molar-refractivity contribution is 0.282. The molecular formula is C35H32O6. The SMILES string of the molecule is Cc1cc2c(-c3ccccc3CO)c3ccc(=O)cc-3oc2c(C)c1O.Cc1cc2c(C)cc(=O)oc2c(C)c1C. The van der Waals surface area contributed by atoms with Gasteiger partial charge in [-0.25, -0.2) is 4.79 Å². The van der Waals surface area contributed by atoms with Crippen LogP contribution in [0.5, 0.6) is 5.75 Å². The predicted octanol–water partition coefficient (Wildman–Crippen LogP) is 7.41. The summed E-state index contributed by atoms with van der Waals surface area (Å²) in [6.45, 7) is 11.6. The summed E-state index contributed by atoms with van der Waals surface area (Å²) in [4.78, 5) is 23.1. The first-order valence-corrected chi connectivity index (χ1v) is 13.4. The molecule has 0 fully saturated rings. The zero-order chi connectivity index (χ0) is 29.6. The molecule has 1 aliphatic carbocycles. The van der Waals surface area contributed by atoms with Crippen molar-refractivity contribution >= 4 is 21.9 Å². The van der Waals surface area contributed by atoms with Crippen molar-refractivity contribution in [2.75, 3.05) is 0 Å². The number of fused-ring (bicyclic) bond motifs is 3. The highest BCUT2D eigenvalue weighted by atomic mass is 16.4. The Kier molecular flexibility index (Phi) is 7.28. The van der Waals surface area contributed by atoms with Gasteiger partial charge in [0.05, 0.1) is 6.61 Å². The van der Waals surface area contributed by atoms with Crippen LogP contribution in [0.25, 0.3) is 44.4 Å². The number of rotatable bonds is 2. The molecule has 0 unspecified atom stereocenters. The molecule has 6 heteroatoms. The second kappa shape index (κ2) is 10.7. The van der Waals surface area contributed by atoms with Crippen LogP contribution in [-0.4, -0.2) is 10.2 Å². The quantitative estimate of drug-likeness (QED) is 0.173. The molecule has 2 N–H and O–H groups in total. The van der Waals surface area contributed by atoms with Gasteiger partial charge in [-0.3, -0.25) is 4.79 Å². The van der Waals surface area contributed by atoms with Gasteiger partial charge in [-0.15, -0.1) is 0 Å². The van der Waals surface area contributed by atoms with E-state index in [1.807, 2.05) is 58.0 Å². The Labute approximate surface area is 237 Å². The monoisotopic (exact) mass is 548 g/mol. The van der Waals surface area contributed by atoms with Gasteiger partial charge in [0, 0.05) is 39.6 Å². The number of phenols is 1. The Morgan fingerprint density at radius 3 is 2.07 bits per heavy atom. The summed E-state index contributed by atoms with van der Waals surface area (Å²) >= 11 is 0. The summed E-state index contributed by atoms with van der Waals surface area (Å²) in [5.41, 5.74) is 10.0. The Hall–Kier alpha value is -4.68. The molecule has 0 spiro atoms. The maximum Gasteiger partial charge on any atom is 0.336 e. The van der Waals surface area contributed by atoms with Crippen molar-refractivity contribution in [2.45, 2.75) is 48.1 Å². The van der Waals surface area contributed by atoms with E-state index in [1.54, 1.807) is 13.0 Å². The average molecular weight is 549 g/mol. The number of aliphatic hydroxyl groups excluding tert-OH is 1. The van der Waals surface area contributed by atoms with Gasteiger partial charge in [0.25, 0.3) is 0 Å². The molecule has 6 rings (SSSR count). The third-order valence-electron chi connectivity index (χ3n) is 7.90. The van der Waals surface area contributed by atoms with Gasteiger partial charge < -0.3 is 19.0 Å². The Bertz CT molecular complexity index is 2040. The second-order valence-electron chi connectivity index (χ2n) is 10.6. The van der Waals surface area contributed by atoms with Crippen LogP contribution in [0.2, 0.25) is 0 Å². The minimum Gasteiger partial charge on any atom is -0.507 e. The van der Waals surface area contributed by atoms with E-state index in [1.165, 1.54) is 29.3 Å². The molecule has 1 aromatic heterocycles. The molecule has 2 aliphatic rings. The van der Waals surface area contributed by atoms with E-state index in [9.17, 15) is 19.8 Å². The Morgan fingerprint density at radius 2 is 1.34 bits per heavy atom. The van der Waals surface area contributed by atoms with E-state index >= 15 is 0 Å². The lowest BCUT2D eigenvalue weighted by Crippen LogP contribution is -2.01. The number of aromatic hydroxyl groups is 1. The van der Waals surface area contributed by atoms with Crippen LogP contribution in [0.3, 0.4) is 0 Å². The molecule has 0 amide bonds. The summed E-state index contributed by atoms with van der Waals surface area (Å²) in [6.07, 6.45) is 0. The third-order valence-corrected chi connectivity index (χ3v) is 7.90. The van der Waals surface area contributed by atoms with Crippen molar-refractivity contribution in [3.05, 3.63) is 120 Å². The molecule has 3 aromatic carbocycles. The first kappa shape index (κ1) is 27.9. The van der Waals surface area contributed by atoms with Gasteiger partial charge in [-0.1, -0.05) is 24.3 Å². The fourth-order valence-electron chi connectivity index (χ4n) is 5.38. The number of aryl methyl sites for hydroxylation is 5. The van der Waals surface area contributed by atoms with Crippen molar-refractivity contribution in [3.63, 3.8) is 0 Å². The van der Waals surface area contributed by atoms with Crippen molar-refractivity contribution in [2.24, 2.45) is 0 Å². The smallest absolute Gasteiger partial charge is 0.336 e. The molecule has 2 heterocycles. The van der Waals surface area contributed by atoms with Crippen molar-refractivity contribution < 1.29 is 19.0 Å². The molecule has 0 atom stereocenters. The zero-order valence-corrected chi connectivity index (χ0v) is 24.0. The number of phenolic OH excluding ortho intramolecular Hbond substituents is 1. The van der Waals surface area contributed by atoms with Gasteiger partial charge in [0.2, 0.25) is 0 Å². The van der Waals surface area contributed by atoms with Gasteiger partial charge in [-0.2, -0.15) is 0 Å². The molecule has 0 saturated heterocycles. The molecule has 6 nitrogen and oxygen atoms in total. The lowest BCUT2D eigenvalue weighted by atomic mass is 9.89. The van der Waals surface area contributed by atoms with Crippen LogP contribution in [0.1, 0.15) is 38.9 Å². The van der Waals surface area contributed by atoms with Crippen LogP contribution in [0.15, 0.2) is 79.1 Å². The van der Waals surface area contributed by atoms with Crippen LogP contribution in [0.4, 0.5) is 0 Å². The van der Waals surface area contributed by atoms with Crippen molar-refractivity contribution in [3.8, 4) is 28.2 Å². The molecular weight excluding hydrogens is 516 g/mol. The van der Waals surface area contributed by atoms with E-state index in [0.29, 0.717) is 16.9 Å². The molecule has 208 valence electrons. The van der Waals surface area contributed by atoms with E-state index in [2.05, 4.69) is 13.0 Å². The summed E-state index contributed by atoms with van der Waals surface area (Å²) in [5.74, 6) is 0.638. The number of aliphatic hydroxyl groups is 1. The van der Waals surface area contributed by atoms with Crippen molar-refractivity contribution in [1.82, 2.24) is 0 Å². The fraction of sp³-hybridized carbons (Fsp3) is 0.200. The van der Waals surface area contributed by atoms with Crippen LogP contribution in [-0.2, 0) is 6.61 Å². The summed E-state index contributed by atoms with van der Waals surface area (Å²) in [7, 11) is 0. The largest absolute Gasteiger partial charge is 0.507 e. The average Bonchev–Trinajstić information content (AvgIpc) is 2.95. The lowest BCUT2D eigenvalue weighted by Gasteiger charge is -2.19. The normalized spacial score (nSPS) is 11.2. The fourth-order valence-corrected chi connectivity index (χ4v) is 5.38. The molecule has 0 saturated carbocycles. The zero-order valence-electron chi connectivity index (χ0n) is 24.0. The first-order chi connectivity index (χ1) is 19.5. The summed E-state index contributed by atoms with van der Waals surface area (Å²) in [6, 6.07) is 17.8. The topological polar surface area (TPSA) is 101 Å². The highest BCUT2D eigenvalue weighted by Crippen LogP contribution is 2.44. The van der Waals surface area contributed by atoms with Gasteiger partial charge in [-0.05, 0) is 105 Å². The molecule has 1 aliphatic heterocycles. The van der Waals surface area contributed by atoms with Crippen LogP contribution in [0, 0.1) is 41.5 Å². The van der Waals surface area contributed by atoms with Gasteiger partial charge in [0.1, 0.15) is 22.7 Å². The van der Waals surface area contributed by atoms with Gasteiger partial charge in [0.15, 0.2) is 5.43 Å². The number of hydrogen-bond donors (Lipinski definition) is 2. The van der Waals surface area contributed by atoms with Crippen LogP contribution >= 0.6 is 0 Å². The minimum absolute atomic E-state index is 0.0963. The minimum atomic E-state index is -0.272. The second-order valence-corrected chi connectivity index (χ2v) is 10.6. The third kappa shape index (κ3) is 4.92. The highest BCUT2D eigenvalue weighted by Gasteiger charge is 2.21. The predicted molar refractivity (Wildman–Crippen MR) is 163 cm³/mol. The van der Waals surface area contributed by atoms with Gasteiger partial charge >= 0.3 is 5.63 Å². The molecule has 0 radical (unpaired) electrons. The van der Waals surface area contributed by atoms with E-state index in [-0.39, 0.29) is 23.4 Å². The van der Waals surface area contributed by atoms with Crippen LogP contribution < -0.4 is 11.1 Å². The summed E-state index contributed by atoms with van der Waals surface area (Å²) < 4.78 is 11.3. The maximum absolute atomic E-state index is 11.8. The standard InChI is InChI=1S/C22H18O4.C13H14O2/c1-12-9-18-20(16-6-4-3-5-14(16)11-23)17-8-7-15(24)10-19(17)26-22(18)13(2)21(12)25;1-7-5-11-8(2)6-12(14)15-13(11)10(4)9(7)3/h3-10,23,25H,11H2,1-2H3;5-6H,1-4H3. The van der Waals surface area contributed by atoms with E-state index in [0.717, 1.165) is 55.3 Å². The molecule has 4 aromatic rings. The Balaban J connectivity index is 0.000000191. The molecule has 41 heavy (non-hydrogen) atoms.